The highest BCUT2D eigenvalue weighted by molar-refractivity contribution is 7.18. The molecule has 1 aromatic heterocycles. The normalized spacial score (nSPS) is 12.2. The molecule has 0 aliphatic heterocycles. The summed E-state index contributed by atoms with van der Waals surface area (Å²) in [5, 5.41) is 4.79. The third-order valence-electron chi connectivity index (χ3n) is 2.81. The van der Waals surface area contributed by atoms with E-state index in [1.54, 1.807) is 0 Å². The highest BCUT2D eigenvalue weighted by Gasteiger charge is 2.07. The van der Waals surface area contributed by atoms with Crippen LogP contribution in [0.4, 0.5) is 0 Å². The summed E-state index contributed by atoms with van der Waals surface area (Å²) in [6.45, 7) is 7.72. The third-order valence-corrected chi connectivity index (χ3v) is 3.91. The second-order valence-corrected chi connectivity index (χ2v) is 6.82. The summed E-state index contributed by atoms with van der Waals surface area (Å²) in [5.74, 6) is 0. The van der Waals surface area contributed by atoms with Gasteiger partial charge in [0.25, 0.3) is 0 Å². The van der Waals surface area contributed by atoms with Crippen LogP contribution in [0.2, 0.25) is 0 Å². The molecule has 98 valence electrons. The third kappa shape index (κ3) is 4.07. The summed E-state index contributed by atoms with van der Waals surface area (Å²) in [7, 11) is 0. The lowest BCUT2D eigenvalue weighted by atomic mass is 10.1. The van der Waals surface area contributed by atoms with Crippen LogP contribution in [-0.4, -0.2) is 17.1 Å². The van der Waals surface area contributed by atoms with Crippen LogP contribution < -0.4 is 5.32 Å². The van der Waals surface area contributed by atoms with Crippen LogP contribution in [0, 0.1) is 0 Å². The molecule has 1 heterocycles. The topological polar surface area (TPSA) is 24.9 Å². The van der Waals surface area contributed by atoms with Gasteiger partial charge in [0.1, 0.15) is 0 Å². The minimum atomic E-state index is 0.232. The van der Waals surface area contributed by atoms with Crippen molar-refractivity contribution in [1.29, 1.82) is 0 Å². The molecular formula is C15H22N2S. The number of para-hydroxylation sites is 1. The van der Waals surface area contributed by atoms with E-state index >= 15 is 0 Å². The summed E-state index contributed by atoms with van der Waals surface area (Å²) in [6, 6.07) is 8.38. The monoisotopic (exact) mass is 262 g/mol. The van der Waals surface area contributed by atoms with Gasteiger partial charge in [0.2, 0.25) is 0 Å². The maximum Gasteiger partial charge on any atom is 0.0938 e. The molecule has 0 saturated carbocycles. The van der Waals surface area contributed by atoms with E-state index < -0.39 is 0 Å². The van der Waals surface area contributed by atoms with Gasteiger partial charge in [0, 0.05) is 5.54 Å². The molecule has 0 bridgehead atoms. The molecule has 0 saturated heterocycles. The molecule has 1 aromatic carbocycles. The van der Waals surface area contributed by atoms with Crippen molar-refractivity contribution in [1.82, 2.24) is 10.3 Å². The minimum Gasteiger partial charge on any atom is -0.312 e. The molecule has 18 heavy (non-hydrogen) atoms. The number of aromatic nitrogens is 1. The highest BCUT2D eigenvalue weighted by Crippen LogP contribution is 2.22. The first kappa shape index (κ1) is 13.5. The number of hydrogen-bond donors (Lipinski definition) is 1. The van der Waals surface area contributed by atoms with Crippen molar-refractivity contribution in [3.63, 3.8) is 0 Å². The minimum absolute atomic E-state index is 0.232. The Balaban J connectivity index is 1.77. The van der Waals surface area contributed by atoms with Crippen LogP contribution in [0.1, 0.15) is 38.6 Å². The van der Waals surface area contributed by atoms with Gasteiger partial charge in [-0.25, -0.2) is 4.98 Å². The van der Waals surface area contributed by atoms with Crippen molar-refractivity contribution in [3.8, 4) is 0 Å². The zero-order valence-corrected chi connectivity index (χ0v) is 12.3. The summed E-state index contributed by atoms with van der Waals surface area (Å²) >= 11 is 1.83. The average Bonchev–Trinajstić information content (AvgIpc) is 2.69. The lowest BCUT2D eigenvalue weighted by Crippen LogP contribution is -2.36. The first-order valence-corrected chi connectivity index (χ1v) is 7.46. The van der Waals surface area contributed by atoms with Gasteiger partial charge in [0.05, 0.1) is 15.2 Å². The smallest absolute Gasteiger partial charge is 0.0938 e. The Morgan fingerprint density at radius 1 is 1.17 bits per heavy atom. The number of aryl methyl sites for hydroxylation is 1. The van der Waals surface area contributed by atoms with Crippen molar-refractivity contribution in [2.45, 2.75) is 45.6 Å². The van der Waals surface area contributed by atoms with E-state index in [0.717, 1.165) is 18.5 Å². The van der Waals surface area contributed by atoms with Crippen molar-refractivity contribution in [2.24, 2.45) is 0 Å². The van der Waals surface area contributed by atoms with Crippen LogP contribution in [-0.2, 0) is 6.42 Å². The number of benzene rings is 1. The van der Waals surface area contributed by atoms with Crippen LogP contribution in [0.5, 0.6) is 0 Å². The molecule has 1 N–H and O–H groups in total. The van der Waals surface area contributed by atoms with Gasteiger partial charge < -0.3 is 5.32 Å². The molecule has 0 spiro atoms. The molecule has 0 atom stereocenters. The number of nitrogens with one attached hydrogen (secondary N) is 1. The molecule has 2 rings (SSSR count). The zero-order chi connectivity index (χ0) is 13.0. The van der Waals surface area contributed by atoms with Gasteiger partial charge >= 0.3 is 0 Å². The largest absolute Gasteiger partial charge is 0.312 e. The van der Waals surface area contributed by atoms with E-state index in [9.17, 15) is 0 Å². The molecule has 0 radical (unpaired) electrons. The van der Waals surface area contributed by atoms with Crippen molar-refractivity contribution in [2.75, 3.05) is 6.54 Å². The van der Waals surface area contributed by atoms with Crippen LogP contribution in [0.25, 0.3) is 10.2 Å². The first-order chi connectivity index (χ1) is 8.54. The van der Waals surface area contributed by atoms with Crippen molar-refractivity contribution < 1.29 is 0 Å². The second kappa shape index (κ2) is 5.81. The lowest BCUT2D eigenvalue weighted by molar-refractivity contribution is 0.419. The van der Waals surface area contributed by atoms with Gasteiger partial charge in [-0.2, -0.15) is 0 Å². The SMILES string of the molecule is CC(C)(C)NCCCCc1nc2ccccc2s1. The maximum atomic E-state index is 4.66. The summed E-state index contributed by atoms with van der Waals surface area (Å²) in [6.07, 6.45) is 3.53. The van der Waals surface area contributed by atoms with Crippen LogP contribution in [0.15, 0.2) is 24.3 Å². The number of hydrogen-bond acceptors (Lipinski definition) is 3. The van der Waals surface area contributed by atoms with E-state index in [4.69, 9.17) is 0 Å². The number of fused-ring (bicyclic) bond motifs is 1. The van der Waals surface area contributed by atoms with E-state index in [-0.39, 0.29) is 5.54 Å². The van der Waals surface area contributed by atoms with E-state index in [0.29, 0.717) is 0 Å². The van der Waals surface area contributed by atoms with Gasteiger partial charge in [-0.1, -0.05) is 12.1 Å². The summed E-state index contributed by atoms with van der Waals surface area (Å²) in [5.41, 5.74) is 1.38. The van der Waals surface area contributed by atoms with E-state index in [1.807, 2.05) is 11.3 Å². The van der Waals surface area contributed by atoms with Gasteiger partial charge in [-0.3, -0.25) is 0 Å². The molecule has 0 amide bonds. The van der Waals surface area contributed by atoms with E-state index in [2.05, 4.69) is 55.3 Å². The Morgan fingerprint density at radius 2 is 1.94 bits per heavy atom. The molecule has 0 unspecified atom stereocenters. The molecule has 2 nitrogen and oxygen atoms in total. The summed E-state index contributed by atoms with van der Waals surface area (Å²) in [4.78, 5) is 4.66. The highest BCUT2D eigenvalue weighted by atomic mass is 32.1. The quantitative estimate of drug-likeness (QED) is 0.824. The number of nitrogens with zero attached hydrogens (tertiary/aromatic N) is 1. The van der Waals surface area contributed by atoms with Crippen molar-refractivity contribution >= 4 is 21.6 Å². The number of rotatable bonds is 5. The maximum absolute atomic E-state index is 4.66. The lowest BCUT2D eigenvalue weighted by Gasteiger charge is -2.20. The predicted molar refractivity (Wildman–Crippen MR) is 80.3 cm³/mol. The second-order valence-electron chi connectivity index (χ2n) is 5.71. The number of thiazole rings is 1. The first-order valence-electron chi connectivity index (χ1n) is 6.64. The zero-order valence-electron chi connectivity index (χ0n) is 11.5. The van der Waals surface area contributed by atoms with Crippen LogP contribution in [0.3, 0.4) is 0 Å². The standard InChI is InChI=1S/C15H22N2S/c1-15(2,3)16-11-7-6-10-14-17-12-8-4-5-9-13(12)18-14/h4-5,8-9,16H,6-7,10-11H2,1-3H3. The Kier molecular flexibility index (Phi) is 4.36. The summed E-state index contributed by atoms with van der Waals surface area (Å²) < 4.78 is 1.31. The fourth-order valence-electron chi connectivity index (χ4n) is 1.89. The average molecular weight is 262 g/mol. The molecular weight excluding hydrogens is 240 g/mol. The van der Waals surface area contributed by atoms with Gasteiger partial charge in [0.15, 0.2) is 0 Å². The molecule has 0 fully saturated rings. The molecule has 0 aliphatic carbocycles. The van der Waals surface area contributed by atoms with Crippen molar-refractivity contribution in [3.05, 3.63) is 29.3 Å². The van der Waals surface area contributed by atoms with Gasteiger partial charge in [-0.05, 0) is 58.7 Å². The Labute approximate surface area is 113 Å². The van der Waals surface area contributed by atoms with Gasteiger partial charge in [-0.15, -0.1) is 11.3 Å². The Morgan fingerprint density at radius 3 is 2.67 bits per heavy atom. The molecule has 0 aliphatic rings. The Hall–Kier alpha value is -0.930. The Bertz CT molecular complexity index is 463. The molecule has 2 aromatic rings. The fourth-order valence-corrected chi connectivity index (χ4v) is 2.90. The van der Waals surface area contributed by atoms with E-state index in [1.165, 1.54) is 22.5 Å². The van der Waals surface area contributed by atoms with Crippen LogP contribution >= 0.6 is 11.3 Å². The predicted octanol–water partition coefficient (Wildman–Crippen LogP) is 4.01. The fraction of sp³-hybridized carbons (Fsp3) is 0.533. The number of unbranched alkanes of at least 4 members (excludes halogenated alkanes) is 1. The molecule has 3 heteroatoms.